The molecule has 0 radical (unpaired) electrons. The third-order valence-corrected chi connectivity index (χ3v) is 5.47. The molecular weight excluding hydrogens is 388 g/mol. The molecule has 2 aromatic carbocycles. The number of rotatable bonds is 4. The van der Waals surface area contributed by atoms with Crippen molar-refractivity contribution in [2.75, 3.05) is 29.9 Å². The molecule has 2 heterocycles. The number of benzene rings is 2. The van der Waals surface area contributed by atoms with Gasteiger partial charge in [-0.15, -0.1) is 0 Å². The minimum atomic E-state index is -0.318. The molecule has 0 unspecified atom stereocenters. The lowest BCUT2D eigenvalue weighted by atomic mass is 9.92. The number of nitrogens with one attached hydrogen (secondary N) is 1. The normalized spacial score (nSPS) is 15.9. The quantitative estimate of drug-likeness (QED) is 0.687. The van der Waals surface area contributed by atoms with Crippen LogP contribution < -0.4 is 10.2 Å². The first-order chi connectivity index (χ1) is 15.1. The number of pyridine rings is 1. The Hall–Kier alpha value is -3.69. The van der Waals surface area contributed by atoms with E-state index in [1.54, 1.807) is 12.3 Å². The number of hydrogen-bond donors (Lipinski definition) is 1. The second kappa shape index (κ2) is 8.99. The Labute approximate surface area is 182 Å². The zero-order valence-corrected chi connectivity index (χ0v) is 17.6. The lowest BCUT2D eigenvalue weighted by molar-refractivity contribution is 0.0529. The van der Waals surface area contributed by atoms with E-state index in [1.165, 1.54) is 0 Å². The third kappa shape index (κ3) is 4.42. The van der Waals surface area contributed by atoms with Crippen LogP contribution in [0.3, 0.4) is 0 Å². The second-order valence-electron chi connectivity index (χ2n) is 7.63. The molecule has 1 aliphatic heterocycles. The van der Waals surface area contributed by atoms with Crippen LogP contribution in [0.25, 0.3) is 11.1 Å². The minimum absolute atomic E-state index is 0.166. The summed E-state index contributed by atoms with van der Waals surface area (Å²) in [4.78, 5) is 19.8. The molecule has 4 rings (SSSR count). The Bertz CT molecular complexity index is 1120. The van der Waals surface area contributed by atoms with E-state index in [0.29, 0.717) is 23.4 Å². The van der Waals surface area contributed by atoms with Crippen molar-refractivity contribution in [3.05, 3.63) is 77.5 Å². The molecule has 1 fully saturated rings. The van der Waals surface area contributed by atoms with Crippen LogP contribution in [0, 0.1) is 18.3 Å². The summed E-state index contributed by atoms with van der Waals surface area (Å²) in [7, 11) is 0. The van der Waals surface area contributed by atoms with Crippen molar-refractivity contribution in [2.45, 2.75) is 20.0 Å². The summed E-state index contributed by atoms with van der Waals surface area (Å²) in [5.74, 6) is 0.537. The summed E-state index contributed by atoms with van der Waals surface area (Å²) in [5, 5.41) is 12.5. The molecule has 1 saturated heterocycles. The number of nitrogens with zero attached hydrogens (tertiary/aromatic N) is 3. The number of carbonyl (C=O) groups is 1. The van der Waals surface area contributed by atoms with Gasteiger partial charge in [0.15, 0.2) is 0 Å². The first-order valence-electron chi connectivity index (χ1n) is 10.3. The molecule has 1 aliphatic rings. The van der Waals surface area contributed by atoms with Crippen LogP contribution in [0.4, 0.5) is 11.5 Å². The van der Waals surface area contributed by atoms with E-state index in [0.717, 1.165) is 35.6 Å². The molecule has 0 saturated carbocycles. The minimum Gasteiger partial charge on any atom is -0.375 e. The Balaban J connectivity index is 1.58. The molecule has 156 valence electrons. The Kier molecular flexibility index (Phi) is 5.96. The first-order valence-corrected chi connectivity index (χ1v) is 10.3. The van der Waals surface area contributed by atoms with Gasteiger partial charge in [0.2, 0.25) is 0 Å². The molecule has 31 heavy (non-hydrogen) atoms. The van der Waals surface area contributed by atoms with Crippen LogP contribution in [-0.2, 0) is 4.74 Å². The molecule has 1 N–H and O–H groups in total. The first kappa shape index (κ1) is 20.6. The second-order valence-corrected chi connectivity index (χ2v) is 7.63. The van der Waals surface area contributed by atoms with Crippen molar-refractivity contribution >= 4 is 17.4 Å². The maximum Gasteiger partial charge on any atom is 0.257 e. The van der Waals surface area contributed by atoms with E-state index in [-0.39, 0.29) is 12.0 Å². The van der Waals surface area contributed by atoms with Gasteiger partial charge in [0.1, 0.15) is 5.82 Å². The SMILES string of the molecule is Cc1c(-c2ccccc2)ccc(C#N)c1C(=O)Nc1ccc(N2CCO[C@@H](C)C2)nc1. The fourth-order valence-electron chi connectivity index (χ4n) is 3.90. The van der Waals surface area contributed by atoms with Crippen molar-refractivity contribution < 1.29 is 9.53 Å². The van der Waals surface area contributed by atoms with Gasteiger partial charge in [0.25, 0.3) is 5.91 Å². The van der Waals surface area contributed by atoms with Crippen molar-refractivity contribution in [2.24, 2.45) is 0 Å². The van der Waals surface area contributed by atoms with E-state index in [2.05, 4.69) is 21.3 Å². The van der Waals surface area contributed by atoms with Crippen LogP contribution in [0.2, 0.25) is 0 Å². The largest absolute Gasteiger partial charge is 0.375 e. The molecule has 1 amide bonds. The highest BCUT2D eigenvalue weighted by atomic mass is 16.5. The summed E-state index contributed by atoms with van der Waals surface area (Å²) >= 11 is 0. The van der Waals surface area contributed by atoms with Gasteiger partial charge in [-0.25, -0.2) is 4.98 Å². The van der Waals surface area contributed by atoms with E-state index in [9.17, 15) is 10.1 Å². The number of nitriles is 1. The third-order valence-electron chi connectivity index (χ3n) is 5.47. The maximum atomic E-state index is 13.1. The summed E-state index contributed by atoms with van der Waals surface area (Å²) in [6.07, 6.45) is 1.81. The van der Waals surface area contributed by atoms with Crippen LogP contribution in [0.15, 0.2) is 60.8 Å². The summed E-state index contributed by atoms with van der Waals surface area (Å²) < 4.78 is 5.58. The van der Waals surface area contributed by atoms with Gasteiger partial charge in [-0.1, -0.05) is 36.4 Å². The van der Waals surface area contributed by atoms with Gasteiger partial charge >= 0.3 is 0 Å². The van der Waals surface area contributed by atoms with Crippen molar-refractivity contribution in [1.82, 2.24) is 4.98 Å². The van der Waals surface area contributed by atoms with Crippen molar-refractivity contribution in [3.8, 4) is 17.2 Å². The Morgan fingerprint density at radius 3 is 2.68 bits per heavy atom. The number of anilines is 2. The smallest absolute Gasteiger partial charge is 0.257 e. The van der Waals surface area contributed by atoms with Crippen LogP contribution in [0.5, 0.6) is 0 Å². The standard InChI is InChI=1S/C25H24N4O2/c1-17-16-29(12-13-31-17)23-11-9-21(15-27-23)28-25(30)24-18(2)22(10-8-20(24)14-26)19-6-4-3-5-7-19/h3-11,15,17H,12-13,16H2,1-2H3,(H,28,30)/t17-/m0/s1. The number of morpholine rings is 1. The summed E-state index contributed by atoms with van der Waals surface area (Å²) in [6.45, 7) is 6.17. The number of ether oxygens (including phenoxy) is 1. The van der Waals surface area contributed by atoms with E-state index in [1.807, 2.05) is 62.4 Å². The number of aromatic nitrogens is 1. The van der Waals surface area contributed by atoms with Crippen LogP contribution in [-0.4, -0.2) is 36.7 Å². The molecule has 0 aliphatic carbocycles. The summed E-state index contributed by atoms with van der Waals surface area (Å²) in [6, 6.07) is 19.3. The average Bonchev–Trinajstić information content (AvgIpc) is 2.79. The zero-order valence-electron chi connectivity index (χ0n) is 17.6. The molecule has 0 spiro atoms. The highest BCUT2D eigenvalue weighted by Gasteiger charge is 2.20. The molecule has 3 aromatic rings. The van der Waals surface area contributed by atoms with Crippen LogP contribution >= 0.6 is 0 Å². The maximum absolute atomic E-state index is 13.1. The number of carbonyl (C=O) groups excluding carboxylic acids is 1. The Morgan fingerprint density at radius 1 is 1.19 bits per heavy atom. The predicted molar refractivity (Wildman–Crippen MR) is 121 cm³/mol. The van der Waals surface area contributed by atoms with E-state index in [4.69, 9.17) is 4.74 Å². The fourth-order valence-corrected chi connectivity index (χ4v) is 3.90. The highest BCUT2D eigenvalue weighted by Crippen LogP contribution is 2.28. The van der Waals surface area contributed by atoms with Gasteiger partial charge in [-0.2, -0.15) is 5.26 Å². The molecule has 1 aromatic heterocycles. The zero-order chi connectivity index (χ0) is 21.8. The molecule has 6 heteroatoms. The van der Waals surface area contributed by atoms with E-state index >= 15 is 0 Å². The molecule has 6 nitrogen and oxygen atoms in total. The van der Waals surface area contributed by atoms with Gasteiger partial charge in [0.05, 0.1) is 41.8 Å². The molecular formula is C25H24N4O2. The predicted octanol–water partition coefficient (Wildman–Crippen LogP) is 4.41. The van der Waals surface area contributed by atoms with Gasteiger partial charge in [-0.05, 0) is 48.7 Å². The molecule has 1 atom stereocenters. The fraction of sp³-hybridized carbons (Fsp3) is 0.240. The topological polar surface area (TPSA) is 78.2 Å². The van der Waals surface area contributed by atoms with E-state index < -0.39 is 0 Å². The number of hydrogen-bond acceptors (Lipinski definition) is 5. The lowest BCUT2D eigenvalue weighted by Gasteiger charge is -2.32. The average molecular weight is 412 g/mol. The molecule has 0 bridgehead atoms. The van der Waals surface area contributed by atoms with Crippen LogP contribution in [0.1, 0.15) is 28.4 Å². The van der Waals surface area contributed by atoms with Gasteiger partial charge < -0.3 is 15.0 Å². The summed E-state index contributed by atoms with van der Waals surface area (Å²) in [5.41, 5.74) is 4.03. The Morgan fingerprint density at radius 2 is 2.00 bits per heavy atom. The van der Waals surface area contributed by atoms with Gasteiger partial charge in [-0.3, -0.25) is 4.79 Å². The number of amides is 1. The van der Waals surface area contributed by atoms with Gasteiger partial charge in [0, 0.05) is 13.1 Å². The lowest BCUT2D eigenvalue weighted by Crippen LogP contribution is -2.41. The highest BCUT2D eigenvalue weighted by molar-refractivity contribution is 6.08. The monoisotopic (exact) mass is 412 g/mol. The van der Waals surface area contributed by atoms with Crippen molar-refractivity contribution in [3.63, 3.8) is 0 Å². The van der Waals surface area contributed by atoms with Crippen molar-refractivity contribution in [1.29, 1.82) is 5.26 Å².